The van der Waals surface area contributed by atoms with Crippen molar-refractivity contribution in [2.75, 3.05) is 7.05 Å². The Morgan fingerprint density at radius 2 is 1.93 bits per heavy atom. The summed E-state index contributed by atoms with van der Waals surface area (Å²) in [6, 6.07) is 0. The molecule has 1 aliphatic rings. The van der Waals surface area contributed by atoms with Gasteiger partial charge in [0, 0.05) is 13.0 Å². The summed E-state index contributed by atoms with van der Waals surface area (Å²) in [5.74, 6) is 2.26. The molecular formula is C12H23NO. The van der Waals surface area contributed by atoms with Crippen LogP contribution in [0.1, 0.15) is 46.0 Å². The number of nitrogens with one attached hydrogen (secondary N) is 1. The van der Waals surface area contributed by atoms with Gasteiger partial charge in [-0.1, -0.05) is 26.7 Å². The van der Waals surface area contributed by atoms with Crippen molar-refractivity contribution in [3.8, 4) is 0 Å². The van der Waals surface area contributed by atoms with Crippen molar-refractivity contribution in [1.82, 2.24) is 5.32 Å². The molecule has 1 amide bonds. The molecule has 0 saturated heterocycles. The highest BCUT2D eigenvalue weighted by Crippen LogP contribution is 2.39. The van der Waals surface area contributed by atoms with Crippen LogP contribution in [-0.4, -0.2) is 13.0 Å². The van der Waals surface area contributed by atoms with Gasteiger partial charge < -0.3 is 5.32 Å². The van der Waals surface area contributed by atoms with Crippen LogP contribution in [0.4, 0.5) is 0 Å². The lowest BCUT2D eigenvalue weighted by atomic mass is 9.70. The molecule has 0 aliphatic heterocycles. The molecule has 1 fully saturated rings. The molecule has 2 nitrogen and oxygen atoms in total. The molecule has 0 atom stereocenters. The molecule has 14 heavy (non-hydrogen) atoms. The zero-order valence-electron chi connectivity index (χ0n) is 9.68. The zero-order chi connectivity index (χ0) is 10.6. The summed E-state index contributed by atoms with van der Waals surface area (Å²) >= 11 is 0. The highest BCUT2D eigenvalue weighted by molar-refractivity contribution is 5.79. The maximum Gasteiger partial charge on any atom is 0.222 e. The van der Waals surface area contributed by atoms with E-state index in [0.29, 0.717) is 5.92 Å². The van der Waals surface area contributed by atoms with Gasteiger partial charge in [-0.05, 0) is 31.1 Å². The molecule has 0 aromatic carbocycles. The van der Waals surface area contributed by atoms with Gasteiger partial charge in [0.2, 0.25) is 5.91 Å². The number of carbonyl (C=O) groups is 1. The zero-order valence-corrected chi connectivity index (χ0v) is 9.68. The van der Waals surface area contributed by atoms with Crippen LogP contribution in [0.2, 0.25) is 0 Å². The Hall–Kier alpha value is -0.530. The summed E-state index contributed by atoms with van der Waals surface area (Å²) < 4.78 is 0. The lowest BCUT2D eigenvalue weighted by Crippen LogP contribution is -2.37. The van der Waals surface area contributed by atoms with E-state index >= 15 is 0 Å². The minimum Gasteiger partial charge on any atom is -0.359 e. The van der Waals surface area contributed by atoms with Crippen molar-refractivity contribution in [2.45, 2.75) is 46.0 Å². The Kier molecular flexibility index (Phi) is 4.43. The summed E-state index contributed by atoms with van der Waals surface area (Å²) in [4.78, 5) is 11.3. The SMILES string of the molecule is CCC(CC)CC1CC(C(=O)NC)C1. The number of carbonyl (C=O) groups excluding carboxylic acids is 1. The van der Waals surface area contributed by atoms with Crippen molar-refractivity contribution < 1.29 is 4.79 Å². The van der Waals surface area contributed by atoms with Crippen LogP contribution >= 0.6 is 0 Å². The van der Waals surface area contributed by atoms with Gasteiger partial charge in [-0.25, -0.2) is 0 Å². The van der Waals surface area contributed by atoms with Gasteiger partial charge in [0.1, 0.15) is 0 Å². The second-order valence-corrected chi connectivity index (χ2v) is 4.57. The maximum absolute atomic E-state index is 11.3. The van der Waals surface area contributed by atoms with Crippen LogP contribution < -0.4 is 5.32 Å². The molecule has 0 unspecified atom stereocenters. The van der Waals surface area contributed by atoms with Crippen LogP contribution in [0.3, 0.4) is 0 Å². The van der Waals surface area contributed by atoms with Gasteiger partial charge in [-0.2, -0.15) is 0 Å². The Morgan fingerprint density at radius 3 is 2.36 bits per heavy atom. The smallest absolute Gasteiger partial charge is 0.222 e. The second kappa shape index (κ2) is 5.38. The fourth-order valence-corrected chi connectivity index (χ4v) is 2.44. The van der Waals surface area contributed by atoms with Crippen molar-refractivity contribution in [1.29, 1.82) is 0 Å². The first-order valence-electron chi connectivity index (χ1n) is 5.92. The van der Waals surface area contributed by atoms with E-state index in [1.54, 1.807) is 7.05 Å². The van der Waals surface area contributed by atoms with Gasteiger partial charge in [0.05, 0.1) is 0 Å². The van der Waals surface area contributed by atoms with E-state index in [0.717, 1.165) is 24.7 Å². The summed E-state index contributed by atoms with van der Waals surface area (Å²) in [6.45, 7) is 4.53. The lowest BCUT2D eigenvalue weighted by Gasteiger charge is -2.35. The van der Waals surface area contributed by atoms with E-state index < -0.39 is 0 Å². The van der Waals surface area contributed by atoms with E-state index in [4.69, 9.17) is 0 Å². The van der Waals surface area contributed by atoms with E-state index in [1.807, 2.05) is 0 Å². The van der Waals surface area contributed by atoms with Gasteiger partial charge >= 0.3 is 0 Å². The molecule has 0 bridgehead atoms. The Morgan fingerprint density at radius 1 is 1.36 bits per heavy atom. The first kappa shape index (κ1) is 11.5. The van der Waals surface area contributed by atoms with Crippen molar-refractivity contribution >= 4 is 5.91 Å². The minimum atomic E-state index is 0.241. The number of rotatable bonds is 5. The molecule has 0 aromatic heterocycles. The molecule has 0 radical (unpaired) electrons. The molecular weight excluding hydrogens is 174 g/mol. The van der Waals surface area contributed by atoms with Crippen LogP contribution in [-0.2, 0) is 4.79 Å². The van der Waals surface area contributed by atoms with E-state index in [1.165, 1.54) is 19.3 Å². The van der Waals surface area contributed by atoms with Gasteiger partial charge in [-0.15, -0.1) is 0 Å². The Labute approximate surface area is 87.5 Å². The number of hydrogen-bond donors (Lipinski definition) is 1. The second-order valence-electron chi connectivity index (χ2n) is 4.57. The predicted molar refractivity (Wildman–Crippen MR) is 59.0 cm³/mol. The fourth-order valence-electron chi connectivity index (χ4n) is 2.44. The van der Waals surface area contributed by atoms with Gasteiger partial charge in [0.25, 0.3) is 0 Å². The average molecular weight is 197 g/mol. The van der Waals surface area contributed by atoms with Crippen molar-refractivity contribution in [3.05, 3.63) is 0 Å². The first-order valence-corrected chi connectivity index (χ1v) is 5.92. The van der Waals surface area contributed by atoms with E-state index in [-0.39, 0.29) is 5.91 Å². The average Bonchev–Trinajstić information content (AvgIpc) is 2.15. The Balaban J connectivity index is 2.18. The number of hydrogen-bond acceptors (Lipinski definition) is 1. The molecule has 1 saturated carbocycles. The van der Waals surface area contributed by atoms with Gasteiger partial charge in [0.15, 0.2) is 0 Å². The monoisotopic (exact) mass is 197 g/mol. The summed E-state index contributed by atoms with van der Waals surface area (Å²) in [5, 5.41) is 2.73. The molecule has 0 heterocycles. The molecule has 2 heteroatoms. The molecule has 1 N–H and O–H groups in total. The highest BCUT2D eigenvalue weighted by atomic mass is 16.1. The summed E-state index contributed by atoms with van der Waals surface area (Å²) in [5.41, 5.74) is 0. The Bertz CT molecular complexity index is 181. The first-order chi connectivity index (χ1) is 6.71. The summed E-state index contributed by atoms with van der Waals surface area (Å²) in [7, 11) is 1.73. The van der Waals surface area contributed by atoms with E-state index in [9.17, 15) is 4.79 Å². The molecule has 82 valence electrons. The minimum absolute atomic E-state index is 0.241. The standard InChI is InChI=1S/C12H23NO/c1-4-9(5-2)6-10-7-11(8-10)12(14)13-3/h9-11H,4-8H2,1-3H3,(H,13,14). The topological polar surface area (TPSA) is 29.1 Å². The third-order valence-corrected chi connectivity index (χ3v) is 3.67. The molecule has 1 rings (SSSR count). The summed E-state index contributed by atoms with van der Waals surface area (Å²) in [6.07, 6.45) is 6.15. The molecule has 1 aliphatic carbocycles. The largest absolute Gasteiger partial charge is 0.359 e. The molecule has 0 spiro atoms. The lowest BCUT2D eigenvalue weighted by molar-refractivity contribution is -0.128. The van der Waals surface area contributed by atoms with Crippen molar-refractivity contribution in [2.24, 2.45) is 17.8 Å². The van der Waals surface area contributed by atoms with Crippen LogP contribution in [0.15, 0.2) is 0 Å². The van der Waals surface area contributed by atoms with Crippen LogP contribution in [0.5, 0.6) is 0 Å². The third-order valence-electron chi connectivity index (χ3n) is 3.67. The van der Waals surface area contributed by atoms with Crippen molar-refractivity contribution in [3.63, 3.8) is 0 Å². The highest BCUT2D eigenvalue weighted by Gasteiger charge is 2.34. The van der Waals surface area contributed by atoms with E-state index in [2.05, 4.69) is 19.2 Å². The number of amides is 1. The quantitative estimate of drug-likeness (QED) is 0.721. The van der Waals surface area contributed by atoms with Crippen LogP contribution in [0.25, 0.3) is 0 Å². The predicted octanol–water partition coefficient (Wildman–Crippen LogP) is 2.58. The molecule has 0 aromatic rings. The van der Waals surface area contributed by atoms with Gasteiger partial charge in [-0.3, -0.25) is 4.79 Å². The fraction of sp³-hybridized carbons (Fsp3) is 0.917. The normalized spacial score (nSPS) is 26.0. The maximum atomic E-state index is 11.3. The van der Waals surface area contributed by atoms with Crippen LogP contribution in [0, 0.1) is 17.8 Å². The third kappa shape index (κ3) is 2.73.